The van der Waals surface area contributed by atoms with Crippen molar-refractivity contribution in [2.24, 2.45) is 17.8 Å². The lowest BCUT2D eigenvalue weighted by Crippen LogP contribution is -2.48. The van der Waals surface area contributed by atoms with E-state index in [1.165, 1.54) is 12.8 Å². The first-order valence-corrected chi connectivity index (χ1v) is 8.58. The first-order valence-electron chi connectivity index (χ1n) is 8.58. The minimum atomic E-state index is -0.160. The maximum absolute atomic E-state index is 12.2. The van der Waals surface area contributed by atoms with Crippen LogP contribution in [0.5, 0.6) is 5.75 Å². The number of urea groups is 1. The van der Waals surface area contributed by atoms with Crippen molar-refractivity contribution in [3.05, 3.63) is 29.8 Å². The van der Waals surface area contributed by atoms with Gasteiger partial charge in [-0.25, -0.2) is 4.79 Å². The number of hydrogen-bond donors (Lipinski definition) is 3. The number of aliphatic hydroxyl groups excluding tert-OH is 1. The lowest BCUT2D eigenvalue weighted by Gasteiger charge is -2.30. The number of amides is 2. The highest BCUT2D eigenvalue weighted by atomic mass is 16.5. The molecule has 2 aliphatic rings. The summed E-state index contributed by atoms with van der Waals surface area (Å²) in [6.07, 6.45) is 3.50. The van der Waals surface area contributed by atoms with Gasteiger partial charge in [-0.05, 0) is 44.1 Å². The number of para-hydroxylation sites is 1. The summed E-state index contributed by atoms with van der Waals surface area (Å²) >= 11 is 0. The molecule has 23 heavy (non-hydrogen) atoms. The van der Waals surface area contributed by atoms with E-state index in [9.17, 15) is 9.90 Å². The maximum Gasteiger partial charge on any atom is 0.315 e. The van der Waals surface area contributed by atoms with Crippen molar-refractivity contribution in [2.45, 2.75) is 38.8 Å². The average molecular weight is 318 g/mol. The zero-order valence-corrected chi connectivity index (χ0v) is 13.6. The Hall–Kier alpha value is -1.75. The number of rotatable bonds is 6. The first kappa shape index (κ1) is 16.1. The molecule has 4 atom stereocenters. The van der Waals surface area contributed by atoms with E-state index in [-0.39, 0.29) is 24.6 Å². The van der Waals surface area contributed by atoms with E-state index in [2.05, 4.69) is 10.6 Å². The second-order valence-corrected chi connectivity index (χ2v) is 6.57. The minimum absolute atomic E-state index is 0.112. The van der Waals surface area contributed by atoms with Crippen molar-refractivity contribution in [1.29, 1.82) is 0 Å². The zero-order valence-electron chi connectivity index (χ0n) is 13.6. The molecule has 2 aliphatic carbocycles. The maximum atomic E-state index is 12.2. The summed E-state index contributed by atoms with van der Waals surface area (Å²) < 4.78 is 5.57. The van der Waals surface area contributed by atoms with Crippen molar-refractivity contribution >= 4 is 6.03 Å². The van der Waals surface area contributed by atoms with E-state index in [4.69, 9.17) is 4.74 Å². The highest BCUT2D eigenvalue weighted by Gasteiger charge is 2.47. The quantitative estimate of drug-likeness (QED) is 0.754. The Morgan fingerprint density at radius 1 is 1.30 bits per heavy atom. The van der Waals surface area contributed by atoms with Gasteiger partial charge in [0.15, 0.2) is 0 Å². The predicted octanol–water partition coefficient (Wildman–Crippen LogP) is 2.29. The Kier molecular flexibility index (Phi) is 5.06. The molecule has 0 heterocycles. The number of carbonyl (C=O) groups is 1. The summed E-state index contributed by atoms with van der Waals surface area (Å²) in [6, 6.07) is 7.69. The Balaban J connectivity index is 1.54. The lowest BCUT2D eigenvalue weighted by molar-refractivity contribution is 0.144. The van der Waals surface area contributed by atoms with Crippen LogP contribution in [0.2, 0.25) is 0 Å². The monoisotopic (exact) mass is 318 g/mol. The predicted molar refractivity (Wildman–Crippen MR) is 88.2 cm³/mol. The molecule has 2 fully saturated rings. The molecule has 2 bridgehead atoms. The number of fused-ring (bicyclic) bond motifs is 2. The highest BCUT2D eigenvalue weighted by molar-refractivity contribution is 5.74. The van der Waals surface area contributed by atoms with E-state index < -0.39 is 0 Å². The standard InChI is InChI=1S/C18H26N2O3/c1-2-23-16-6-4-3-5-14(16)10-19-18(22)20-17-13-8-7-12(9-13)15(17)11-21/h3-6,12-13,15,17,21H,2,7-11H2,1H3,(H2,19,20,22). The molecular weight excluding hydrogens is 292 g/mol. The Morgan fingerprint density at radius 3 is 2.87 bits per heavy atom. The third kappa shape index (κ3) is 3.44. The van der Waals surface area contributed by atoms with E-state index in [1.807, 2.05) is 31.2 Å². The molecule has 0 saturated heterocycles. The largest absolute Gasteiger partial charge is 0.494 e. The van der Waals surface area contributed by atoms with Crippen LogP contribution in [0.3, 0.4) is 0 Å². The fourth-order valence-electron chi connectivity index (χ4n) is 4.22. The van der Waals surface area contributed by atoms with Gasteiger partial charge in [0.05, 0.1) is 6.61 Å². The van der Waals surface area contributed by atoms with Crippen LogP contribution in [0.25, 0.3) is 0 Å². The van der Waals surface area contributed by atoms with E-state index in [0.29, 0.717) is 25.0 Å². The minimum Gasteiger partial charge on any atom is -0.494 e. The van der Waals surface area contributed by atoms with Gasteiger partial charge < -0.3 is 20.5 Å². The summed E-state index contributed by atoms with van der Waals surface area (Å²) in [6.45, 7) is 3.15. The van der Waals surface area contributed by atoms with Crippen LogP contribution >= 0.6 is 0 Å². The van der Waals surface area contributed by atoms with Crippen molar-refractivity contribution < 1.29 is 14.6 Å². The van der Waals surface area contributed by atoms with Gasteiger partial charge >= 0.3 is 6.03 Å². The fraction of sp³-hybridized carbons (Fsp3) is 0.611. The number of ether oxygens (including phenoxy) is 1. The molecule has 126 valence electrons. The van der Waals surface area contributed by atoms with Gasteiger partial charge in [-0.2, -0.15) is 0 Å². The highest BCUT2D eigenvalue weighted by Crippen LogP contribution is 2.48. The van der Waals surface area contributed by atoms with Crippen LogP contribution in [0.1, 0.15) is 31.7 Å². The molecule has 2 saturated carbocycles. The van der Waals surface area contributed by atoms with Gasteiger partial charge in [-0.1, -0.05) is 18.2 Å². The summed E-state index contributed by atoms with van der Waals surface area (Å²) in [4.78, 5) is 12.2. The zero-order chi connectivity index (χ0) is 16.2. The second-order valence-electron chi connectivity index (χ2n) is 6.57. The van der Waals surface area contributed by atoms with Gasteiger partial charge in [0.2, 0.25) is 0 Å². The van der Waals surface area contributed by atoms with E-state index >= 15 is 0 Å². The second kappa shape index (κ2) is 7.21. The van der Waals surface area contributed by atoms with Crippen molar-refractivity contribution in [2.75, 3.05) is 13.2 Å². The summed E-state index contributed by atoms with van der Waals surface area (Å²) in [5.41, 5.74) is 0.969. The Bertz CT molecular complexity index is 549. The van der Waals surface area contributed by atoms with Crippen molar-refractivity contribution in [3.63, 3.8) is 0 Å². The number of hydrogen-bond acceptors (Lipinski definition) is 3. The van der Waals surface area contributed by atoms with Crippen LogP contribution in [0.4, 0.5) is 4.79 Å². The lowest BCUT2D eigenvalue weighted by atomic mass is 9.85. The molecule has 5 heteroatoms. The molecule has 1 aromatic rings. The van der Waals surface area contributed by atoms with Gasteiger partial charge in [0.1, 0.15) is 5.75 Å². The number of aliphatic hydroxyl groups is 1. The molecule has 5 nitrogen and oxygen atoms in total. The van der Waals surface area contributed by atoms with E-state index in [0.717, 1.165) is 17.7 Å². The fourth-order valence-corrected chi connectivity index (χ4v) is 4.22. The Labute approximate surface area is 137 Å². The molecule has 0 radical (unpaired) electrons. The first-order chi connectivity index (χ1) is 11.2. The number of nitrogens with one attached hydrogen (secondary N) is 2. The van der Waals surface area contributed by atoms with Crippen LogP contribution in [0, 0.1) is 17.8 Å². The van der Waals surface area contributed by atoms with Crippen LogP contribution < -0.4 is 15.4 Å². The molecule has 0 spiro atoms. The molecule has 0 aromatic heterocycles. The normalized spacial score (nSPS) is 28.6. The average Bonchev–Trinajstić information content (AvgIpc) is 3.15. The van der Waals surface area contributed by atoms with Crippen LogP contribution in [-0.2, 0) is 6.54 Å². The van der Waals surface area contributed by atoms with Gasteiger partial charge in [-0.3, -0.25) is 0 Å². The summed E-state index contributed by atoms with van der Waals surface area (Å²) in [5.74, 6) is 2.13. The SMILES string of the molecule is CCOc1ccccc1CNC(=O)NC1C2CCC(C2)C1CO. The molecule has 0 aliphatic heterocycles. The smallest absolute Gasteiger partial charge is 0.315 e. The van der Waals surface area contributed by atoms with Crippen LogP contribution in [-0.4, -0.2) is 30.4 Å². The molecule has 4 unspecified atom stereocenters. The van der Waals surface area contributed by atoms with Gasteiger partial charge in [0.25, 0.3) is 0 Å². The van der Waals surface area contributed by atoms with Gasteiger partial charge in [-0.15, -0.1) is 0 Å². The third-order valence-electron chi connectivity index (χ3n) is 5.31. The number of carbonyl (C=O) groups excluding carboxylic acids is 1. The number of benzene rings is 1. The van der Waals surface area contributed by atoms with Crippen LogP contribution in [0.15, 0.2) is 24.3 Å². The van der Waals surface area contributed by atoms with E-state index in [1.54, 1.807) is 0 Å². The molecular formula is C18H26N2O3. The van der Waals surface area contributed by atoms with Gasteiger partial charge in [0, 0.05) is 30.7 Å². The van der Waals surface area contributed by atoms with Crippen molar-refractivity contribution in [1.82, 2.24) is 10.6 Å². The van der Waals surface area contributed by atoms with Crippen molar-refractivity contribution in [3.8, 4) is 5.75 Å². The molecule has 3 N–H and O–H groups in total. The Morgan fingerprint density at radius 2 is 2.09 bits per heavy atom. The molecule has 1 aromatic carbocycles. The third-order valence-corrected chi connectivity index (χ3v) is 5.31. The summed E-state index contributed by atoms with van der Waals surface area (Å²) in [5, 5.41) is 15.6. The summed E-state index contributed by atoms with van der Waals surface area (Å²) in [7, 11) is 0. The molecule has 3 rings (SSSR count). The molecule has 2 amide bonds. The topological polar surface area (TPSA) is 70.6 Å².